The number of hydrogen-bond donors (Lipinski definition) is 2. The van der Waals surface area contributed by atoms with Crippen LogP contribution in [-0.2, 0) is 6.54 Å². The smallest absolute Gasteiger partial charge is 0.0794 e. The monoisotopic (exact) mass is 290 g/mol. The fraction of sp³-hybridized carbons (Fsp3) is 0.533. The number of likely N-dealkylation sites (tertiary alicyclic amines) is 1. The molecule has 1 saturated heterocycles. The highest BCUT2D eigenvalue weighted by atomic mass is 32.1. The van der Waals surface area contributed by atoms with Crippen LogP contribution in [0.5, 0.6) is 0 Å². The van der Waals surface area contributed by atoms with E-state index in [4.69, 9.17) is 0 Å². The Morgan fingerprint density at radius 3 is 3.05 bits per heavy atom. The molecule has 2 aromatic rings. The predicted octanol–water partition coefficient (Wildman–Crippen LogP) is 2.71. The van der Waals surface area contributed by atoms with E-state index >= 15 is 0 Å². The Hall–Kier alpha value is -1.17. The first kappa shape index (κ1) is 13.8. The van der Waals surface area contributed by atoms with Gasteiger partial charge in [-0.15, -0.1) is 11.3 Å². The van der Waals surface area contributed by atoms with Crippen LogP contribution in [0.25, 0.3) is 10.6 Å². The molecule has 1 aliphatic rings. The molecule has 3 rings (SSSR count). The summed E-state index contributed by atoms with van der Waals surface area (Å²) in [6.45, 7) is 6.74. The van der Waals surface area contributed by atoms with Crippen LogP contribution in [-0.4, -0.2) is 40.8 Å². The van der Waals surface area contributed by atoms with Crippen LogP contribution < -0.4 is 5.32 Å². The highest BCUT2D eigenvalue weighted by Gasteiger charge is 2.17. The van der Waals surface area contributed by atoms with E-state index in [2.05, 4.69) is 44.9 Å². The summed E-state index contributed by atoms with van der Waals surface area (Å²) in [5.74, 6) is 0. The molecule has 108 valence electrons. The van der Waals surface area contributed by atoms with Crippen LogP contribution in [0.1, 0.15) is 25.3 Å². The van der Waals surface area contributed by atoms with E-state index in [9.17, 15) is 0 Å². The molecule has 0 amide bonds. The number of nitrogens with one attached hydrogen (secondary N) is 2. The van der Waals surface area contributed by atoms with Gasteiger partial charge in [-0.05, 0) is 44.3 Å². The Bertz CT molecular complexity index is 514. The molecular formula is C15H22N4S. The van der Waals surface area contributed by atoms with Crippen LogP contribution in [0.4, 0.5) is 0 Å². The van der Waals surface area contributed by atoms with Crippen LogP contribution in [0.15, 0.2) is 23.7 Å². The number of aromatic nitrogens is 2. The SMILES string of the molecule is C[C@H](CNCc1cn[nH]c1-c1cccs1)N1CCCC1. The van der Waals surface area contributed by atoms with Gasteiger partial charge < -0.3 is 5.32 Å². The lowest BCUT2D eigenvalue weighted by molar-refractivity contribution is 0.251. The first-order valence-corrected chi connectivity index (χ1v) is 8.23. The first-order chi connectivity index (χ1) is 9.84. The van der Waals surface area contributed by atoms with Crippen molar-refractivity contribution in [2.75, 3.05) is 19.6 Å². The summed E-state index contributed by atoms with van der Waals surface area (Å²) in [5, 5.41) is 13.0. The minimum absolute atomic E-state index is 0.620. The van der Waals surface area contributed by atoms with E-state index in [1.165, 1.54) is 36.4 Å². The summed E-state index contributed by atoms with van der Waals surface area (Å²) in [5.41, 5.74) is 2.40. The molecule has 0 saturated carbocycles. The topological polar surface area (TPSA) is 44.0 Å². The normalized spacial score (nSPS) is 17.6. The highest BCUT2D eigenvalue weighted by molar-refractivity contribution is 7.13. The number of H-pyrrole nitrogens is 1. The number of rotatable bonds is 6. The van der Waals surface area contributed by atoms with Crippen molar-refractivity contribution in [3.63, 3.8) is 0 Å². The molecule has 3 heterocycles. The van der Waals surface area contributed by atoms with Gasteiger partial charge in [0.1, 0.15) is 0 Å². The Labute approximate surface area is 124 Å². The molecule has 1 atom stereocenters. The van der Waals surface area contributed by atoms with E-state index in [0.717, 1.165) is 18.8 Å². The molecule has 0 unspecified atom stereocenters. The van der Waals surface area contributed by atoms with Gasteiger partial charge in [0.2, 0.25) is 0 Å². The third-order valence-corrected chi connectivity index (χ3v) is 4.89. The van der Waals surface area contributed by atoms with Gasteiger partial charge in [-0.2, -0.15) is 5.10 Å². The largest absolute Gasteiger partial charge is 0.311 e. The molecule has 0 radical (unpaired) electrons. The molecular weight excluding hydrogens is 268 g/mol. The zero-order valence-corrected chi connectivity index (χ0v) is 12.7. The van der Waals surface area contributed by atoms with E-state index in [-0.39, 0.29) is 0 Å². The summed E-state index contributed by atoms with van der Waals surface area (Å²) in [4.78, 5) is 3.83. The third kappa shape index (κ3) is 3.11. The predicted molar refractivity (Wildman–Crippen MR) is 83.9 cm³/mol. The van der Waals surface area contributed by atoms with E-state index in [1.54, 1.807) is 11.3 Å². The molecule has 5 heteroatoms. The van der Waals surface area contributed by atoms with Crippen molar-refractivity contribution in [1.82, 2.24) is 20.4 Å². The quantitative estimate of drug-likeness (QED) is 0.860. The van der Waals surface area contributed by atoms with E-state index < -0.39 is 0 Å². The summed E-state index contributed by atoms with van der Waals surface area (Å²) < 4.78 is 0. The van der Waals surface area contributed by atoms with Crippen molar-refractivity contribution in [2.45, 2.75) is 32.4 Å². The lowest BCUT2D eigenvalue weighted by Crippen LogP contribution is -2.38. The maximum Gasteiger partial charge on any atom is 0.0794 e. The van der Waals surface area contributed by atoms with Crippen LogP contribution in [0.2, 0.25) is 0 Å². The molecule has 0 spiro atoms. The van der Waals surface area contributed by atoms with Gasteiger partial charge in [0.15, 0.2) is 0 Å². The number of aromatic amines is 1. The van der Waals surface area contributed by atoms with Crippen molar-refractivity contribution in [1.29, 1.82) is 0 Å². The molecule has 1 aliphatic heterocycles. The van der Waals surface area contributed by atoms with Crippen LogP contribution >= 0.6 is 11.3 Å². The fourth-order valence-corrected chi connectivity index (χ4v) is 3.56. The van der Waals surface area contributed by atoms with Crippen molar-refractivity contribution >= 4 is 11.3 Å². The summed E-state index contributed by atoms with van der Waals surface area (Å²) >= 11 is 1.75. The molecule has 20 heavy (non-hydrogen) atoms. The van der Waals surface area contributed by atoms with Gasteiger partial charge in [0.25, 0.3) is 0 Å². The average Bonchev–Trinajstić information content (AvgIpc) is 3.20. The summed E-state index contributed by atoms with van der Waals surface area (Å²) in [7, 11) is 0. The Balaban J connectivity index is 1.53. The van der Waals surface area contributed by atoms with Gasteiger partial charge in [0, 0.05) is 24.7 Å². The Morgan fingerprint density at radius 1 is 1.45 bits per heavy atom. The molecule has 0 aliphatic carbocycles. The lowest BCUT2D eigenvalue weighted by Gasteiger charge is -2.23. The van der Waals surface area contributed by atoms with Gasteiger partial charge in [-0.3, -0.25) is 10.00 Å². The molecule has 1 fully saturated rings. The summed E-state index contributed by atoms with van der Waals surface area (Å²) in [6.07, 6.45) is 4.64. The molecule has 2 aromatic heterocycles. The Kier molecular flexibility index (Phi) is 4.50. The second kappa shape index (κ2) is 6.52. The minimum atomic E-state index is 0.620. The standard InChI is InChI=1S/C15H22N4S/c1-12(19-6-2-3-7-19)9-16-10-13-11-17-18-15(13)14-5-4-8-20-14/h4-5,8,11-12,16H,2-3,6-7,9-10H2,1H3,(H,17,18)/t12-/m1/s1. The van der Waals surface area contributed by atoms with Crippen LogP contribution in [0, 0.1) is 0 Å². The molecule has 2 N–H and O–H groups in total. The van der Waals surface area contributed by atoms with Gasteiger partial charge in [-0.1, -0.05) is 6.07 Å². The summed E-state index contributed by atoms with van der Waals surface area (Å²) in [6, 6.07) is 4.83. The number of thiophene rings is 1. The molecule has 0 bridgehead atoms. The first-order valence-electron chi connectivity index (χ1n) is 7.35. The maximum atomic E-state index is 4.18. The van der Waals surface area contributed by atoms with Gasteiger partial charge in [0.05, 0.1) is 16.8 Å². The third-order valence-electron chi connectivity index (χ3n) is 4.00. The molecule has 0 aromatic carbocycles. The van der Waals surface area contributed by atoms with E-state index in [0.29, 0.717) is 6.04 Å². The zero-order chi connectivity index (χ0) is 13.8. The van der Waals surface area contributed by atoms with Gasteiger partial charge >= 0.3 is 0 Å². The fourth-order valence-electron chi connectivity index (χ4n) is 2.81. The number of nitrogens with zero attached hydrogens (tertiary/aromatic N) is 2. The average molecular weight is 290 g/mol. The Morgan fingerprint density at radius 2 is 2.30 bits per heavy atom. The number of hydrogen-bond acceptors (Lipinski definition) is 4. The second-order valence-electron chi connectivity index (χ2n) is 5.47. The van der Waals surface area contributed by atoms with Crippen molar-refractivity contribution in [3.8, 4) is 10.6 Å². The zero-order valence-electron chi connectivity index (χ0n) is 11.9. The highest BCUT2D eigenvalue weighted by Crippen LogP contribution is 2.25. The van der Waals surface area contributed by atoms with E-state index in [1.807, 2.05) is 6.20 Å². The van der Waals surface area contributed by atoms with Crippen LogP contribution in [0.3, 0.4) is 0 Å². The second-order valence-corrected chi connectivity index (χ2v) is 6.42. The minimum Gasteiger partial charge on any atom is -0.311 e. The van der Waals surface area contributed by atoms with Gasteiger partial charge in [-0.25, -0.2) is 0 Å². The lowest BCUT2D eigenvalue weighted by atomic mass is 10.2. The molecule has 4 nitrogen and oxygen atoms in total. The van der Waals surface area contributed by atoms with Crippen molar-refractivity contribution in [3.05, 3.63) is 29.3 Å². The van der Waals surface area contributed by atoms with Crippen molar-refractivity contribution < 1.29 is 0 Å². The van der Waals surface area contributed by atoms with Crippen molar-refractivity contribution in [2.24, 2.45) is 0 Å². The maximum absolute atomic E-state index is 4.18.